The van der Waals surface area contributed by atoms with Crippen LogP contribution in [-0.4, -0.2) is 65.0 Å². The fraction of sp³-hybridized carbons (Fsp3) is 0.611. The van der Waals surface area contributed by atoms with Crippen molar-refractivity contribution >= 4 is 28.7 Å². The minimum absolute atomic E-state index is 0.0179. The number of nitrogens with zero attached hydrogens (tertiary/aromatic N) is 2. The molecule has 11 heteroatoms. The predicted octanol–water partition coefficient (Wildman–Crippen LogP) is 0.678. The molecule has 2 amide bonds. The molecule has 1 aliphatic heterocycles. The number of hydrogen-bond donors (Lipinski definition) is 2. The van der Waals surface area contributed by atoms with Gasteiger partial charge in [0.15, 0.2) is 0 Å². The molecule has 1 aromatic heterocycles. The number of nitrogens with two attached hydrogens (primary N) is 1. The number of ether oxygens (including phenoxy) is 1. The van der Waals surface area contributed by atoms with Gasteiger partial charge < -0.3 is 25.2 Å². The molecule has 0 spiro atoms. The summed E-state index contributed by atoms with van der Waals surface area (Å²) in [4.78, 5) is 29.7. The molecular formula is C18H24F2N4O4S. The van der Waals surface area contributed by atoms with Gasteiger partial charge in [-0.15, -0.1) is 0 Å². The van der Waals surface area contributed by atoms with Gasteiger partial charge in [-0.2, -0.15) is 0 Å². The minimum Gasteiger partial charge on any atom is -0.617 e. The first-order valence-electron chi connectivity index (χ1n) is 9.31. The van der Waals surface area contributed by atoms with Gasteiger partial charge in [0.1, 0.15) is 23.2 Å². The molecule has 8 nitrogen and oxygen atoms in total. The van der Waals surface area contributed by atoms with E-state index in [-0.39, 0.29) is 23.7 Å². The molecule has 2 aliphatic rings. The predicted molar refractivity (Wildman–Crippen MR) is 104 cm³/mol. The van der Waals surface area contributed by atoms with Crippen LogP contribution < -0.4 is 20.7 Å². The maximum absolute atomic E-state index is 13.3. The number of aromatic nitrogens is 1. The quantitative estimate of drug-likeness (QED) is 0.527. The van der Waals surface area contributed by atoms with Crippen LogP contribution in [0.15, 0.2) is 12.1 Å². The lowest BCUT2D eigenvalue weighted by molar-refractivity contribution is -0.119. The molecule has 1 aliphatic carbocycles. The second-order valence-corrected chi connectivity index (χ2v) is 9.04. The van der Waals surface area contributed by atoms with Crippen LogP contribution in [0.2, 0.25) is 0 Å². The van der Waals surface area contributed by atoms with Crippen molar-refractivity contribution in [1.82, 2.24) is 10.3 Å². The Morgan fingerprint density at radius 3 is 2.69 bits per heavy atom. The number of carbonyl (C=O) groups excluding carboxylic acids is 2. The Kier molecular flexibility index (Phi) is 6.47. The van der Waals surface area contributed by atoms with E-state index >= 15 is 0 Å². The minimum atomic E-state index is -2.75. The molecule has 2 heterocycles. The molecular weight excluding hydrogens is 406 g/mol. The molecule has 3 rings (SSSR count). The monoisotopic (exact) mass is 430 g/mol. The van der Waals surface area contributed by atoms with Gasteiger partial charge in [0.05, 0.1) is 26.0 Å². The van der Waals surface area contributed by atoms with Gasteiger partial charge in [0, 0.05) is 6.42 Å². The number of hydrogen-bond acceptors (Lipinski definition) is 6. The molecule has 160 valence electrons. The first-order valence-corrected chi connectivity index (χ1v) is 11.0. The first-order chi connectivity index (χ1) is 13.6. The SMILES string of the molecule is C[S+]([O-])CCC(NC(=O)c1ccc(N2CC(F)(F)C2)c(OCC2CC2)n1)C(N)=O. The van der Waals surface area contributed by atoms with Crippen molar-refractivity contribution in [2.24, 2.45) is 11.7 Å². The molecule has 3 N–H and O–H groups in total. The summed E-state index contributed by atoms with van der Waals surface area (Å²) in [5, 5.41) is 2.48. The molecule has 29 heavy (non-hydrogen) atoms. The Labute approximate surface area is 170 Å². The van der Waals surface area contributed by atoms with Crippen molar-refractivity contribution in [1.29, 1.82) is 0 Å². The molecule has 1 saturated carbocycles. The van der Waals surface area contributed by atoms with Crippen molar-refractivity contribution in [3.63, 3.8) is 0 Å². The lowest BCUT2D eigenvalue weighted by Gasteiger charge is -2.40. The van der Waals surface area contributed by atoms with E-state index in [2.05, 4.69) is 10.3 Å². The molecule has 1 saturated heterocycles. The lowest BCUT2D eigenvalue weighted by atomic mass is 10.1. The highest BCUT2D eigenvalue weighted by Crippen LogP contribution is 2.37. The van der Waals surface area contributed by atoms with E-state index in [1.54, 1.807) is 0 Å². The fourth-order valence-corrected chi connectivity index (χ4v) is 3.44. The average Bonchev–Trinajstić information content (AvgIpc) is 3.45. The van der Waals surface area contributed by atoms with E-state index in [4.69, 9.17) is 10.5 Å². The molecule has 0 aromatic carbocycles. The summed E-state index contributed by atoms with van der Waals surface area (Å²) in [7, 11) is 0. The summed E-state index contributed by atoms with van der Waals surface area (Å²) in [6.07, 6.45) is 3.70. The van der Waals surface area contributed by atoms with E-state index < -0.39 is 48.0 Å². The third-order valence-electron chi connectivity index (χ3n) is 4.75. The van der Waals surface area contributed by atoms with Crippen LogP contribution in [0.1, 0.15) is 29.8 Å². The van der Waals surface area contributed by atoms with Crippen LogP contribution in [0.3, 0.4) is 0 Å². The number of rotatable bonds is 10. The number of pyridine rings is 1. The third-order valence-corrected chi connectivity index (χ3v) is 5.56. The summed E-state index contributed by atoms with van der Waals surface area (Å²) in [5.41, 5.74) is 5.69. The van der Waals surface area contributed by atoms with Crippen LogP contribution in [0.25, 0.3) is 0 Å². The molecule has 1 aromatic rings. The van der Waals surface area contributed by atoms with Crippen molar-refractivity contribution < 1.29 is 27.7 Å². The van der Waals surface area contributed by atoms with Gasteiger partial charge in [-0.3, -0.25) is 9.59 Å². The molecule has 2 fully saturated rings. The number of anilines is 1. The summed E-state index contributed by atoms with van der Waals surface area (Å²) in [5.74, 6) is -3.41. The van der Waals surface area contributed by atoms with Crippen LogP contribution in [0.5, 0.6) is 5.88 Å². The Bertz CT molecular complexity index is 768. The van der Waals surface area contributed by atoms with Crippen molar-refractivity contribution in [2.45, 2.75) is 31.2 Å². The third kappa shape index (κ3) is 5.92. The lowest BCUT2D eigenvalue weighted by Crippen LogP contribution is -2.56. The van der Waals surface area contributed by atoms with Crippen molar-refractivity contribution in [3.8, 4) is 5.88 Å². The maximum atomic E-state index is 13.3. The van der Waals surface area contributed by atoms with Gasteiger partial charge in [0.25, 0.3) is 11.8 Å². The van der Waals surface area contributed by atoms with Crippen molar-refractivity contribution in [3.05, 3.63) is 17.8 Å². The van der Waals surface area contributed by atoms with Gasteiger partial charge in [-0.25, -0.2) is 13.8 Å². The smallest absolute Gasteiger partial charge is 0.282 e. The van der Waals surface area contributed by atoms with Crippen LogP contribution in [-0.2, 0) is 16.0 Å². The van der Waals surface area contributed by atoms with Crippen LogP contribution >= 0.6 is 0 Å². The molecule has 2 unspecified atom stereocenters. The Hall–Kier alpha value is -2.14. The second-order valence-electron chi connectivity index (χ2n) is 7.48. The van der Waals surface area contributed by atoms with Crippen molar-refractivity contribution in [2.75, 3.05) is 36.6 Å². The van der Waals surface area contributed by atoms with E-state index in [9.17, 15) is 22.9 Å². The van der Waals surface area contributed by atoms with E-state index in [1.165, 1.54) is 23.3 Å². The van der Waals surface area contributed by atoms with Gasteiger partial charge in [0.2, 0.25) is 11.8 Å². The van der Waals surface area contributed by atoms with E-state index in [0.717, 1.165) is 12.8 Å². The number of carbonyl (C=O) groups is 2. The topological polar surface area (TPSA) is 121 Å². The summed E-state index contributed by atoms with van der Waals surface area (Å²) in [6, 6.07) is 1.92. The van der Waals surface area contributed by atoms with Gasteiger partial charge in [-0.05, 0) is 30.9 Å². The van der Waals surface area contributed by atoms with Gasteiger partial charge in [-0.1, -0.05) is 11.2 Å². The number of amides is 2. The maximum Gasteiger partial charge on any atom is 0.282 e. The largest absolute Gasteiger partial charge is 0.617 e. The highest BCUT2D eigenvalue weighted by molar-refractivity contribution is 7.90. The second kappa shape index (κ2) is 8.70. The van der Waals surface area contributed by atoms with E-state index in [0.29, 0.717) is 18.2 Å². The van der Waals surface area contributed by atoms with E-state index in [1.807, 2.05) is 0 Å². The Morgan fingerprint density at radius 2 is 2.14 bits per heavy atom. The summed E-state index contributed by atoms with van der Waals surface area (Å²) in [6.45, 7) is -0.461. The Morgan fingerprint density at radius 1 is 1.45 bits per heavy atom. The zero-order chi connectivity index (χ0) is 21.2. The first kappa shape index (κ1) is 21.6. The highest BCUT2D eigenvalue weighted by Gasteiger charge is 2.45. The van der Waals surface area contributed by atoms with Gasteiger partial charge >= 0.3 is 0 Å². The normalized spacial score (nSPS) is 19.8. The van der Waals surface area contributed by atoms with Crippen LogP contribution in [0.4, 0.5) is 14.5 Å². The number of primary amides is 1. The zero-order valence-corrected chi connectivity index (χ0v) is 16.8. The fourth-order valence-electron chi connectivity index (χ4n) is 2.87. The molecule has 0 radical (unpaired) electrons. The molecule has 2 atom stereocenters. The molecule has 0 bridgehead atoms. The number of alkyl halides is 2. The summed E-state index contributed by atoms with van der Waals surface area (Å²) >= 11 is -1.14. The standard InChI is InChI=1S/C18H24F2N4O4S/c1-29(27)7-6-12(15(21)25)22-16(26)13-4-5-14(24-9-18(19,20)10-24)17(23-13)28-8-11-2-3-11/h4-5,11-12H,2-3,6-10H2,1H3,(H2,21,25)(H,22,26). The van der Waals surface area contributed by atoms with Crippen LogP contribution in [0, 0.1) is 5.92 Å². The highest BCUT2D eigenvalue weighted by atomic mass is 32.2. The number of halogens is 2. The average molecular weight is 430 g/mol. The zero-order valence-electron chi connectivity index (χ0n) is 16.0. The Balaban J connectivity index is 1.72. The number of nitrogens with one attached hydrogen (secondary N) is 1. The summed E-state index contributed by atoms with van der Waals surface area (Å²) < 4.78 is 43.4.